The molecule has 4 aromatic rings. The first kappa shape index (κ1) is 20.5. The Morgan fingerprint density at radius 1 is 1.03 bits per heavy atom. The number of aromatic nitrogens is 4. The molecule has 2 aromatic heterocycles. The first-order chi connectivity index (χ1) is 14.9. The van der Waals surface area contributed by atoms with Crippen LogP contribution in [0, 0.1) is 6.92 Å². The highest BCUT2D eigenvalue weighted by Crippen LogP contribution is 2.20. The largest absolute Gasteiger partial charge is 0.333 e. The molecule has 1 amide bonds. The van der Waals surface area contributed by atoms with Gasteiger partial charge in [0.1, 0.15) is 6.54 Å². The van der Waals surface area contributed by atoms with E-state index >= 15 is 0 Å². The molecule has 0 saturated carbocycles. The average Bonchev–Trinajstić information content (AvgIpc) is 2.77. The Hall–Kier alpha value is -3.78. The van der Waals surface area contributed by atoms with Crippen LogP contribution in [0.15, 0.2) is 70.5 Å². The van der Waals surface area contributed by atoms with E-state index < -0.39 is 17.2 Å². The topological polar surface area (TPSA) is 98.9 Å². The Morgan fingerprint density at radius 2 is 1.77 bits per heavy atom. The van der Waals surface area contributed by atoms with Crippen LogP contribution in [0.5, 0.6) is 0 Å². The summed E-state index contributed by atoms with van der Waals surface area (Å²) in [5, 5.41) is 3.23. The maximum absolute atomic E-state index is 13.2. The predicted octanol–water partition coefficient (Wildman–Crippen LogP) is 2.60. The molecule has 31 heavy (non-hydrogen) atoms. The van der Waals surface area contributed by atoms with E-state index in [1.165, 1.54) is 12.4 Å². The number of nitrogens with zero attached hydrogens (tertiary/aromatic N) is 4. The number of anilines is 1. The fourth-order valence-corrected chi connectivity index (χ4v) is 3.41. The van der Waals surface area contributed by atoms with E-state index in [0.717, 1.165) is 20.3 Å². The van der Waals surface area contributed by atoms with Crippen LogP contribution in [-0.2, 0) is 17.9 Å². The Labute approximate surface area is 181 Å². The summed E-state index contributed by atoms with van der Waals surface area (Å²) in [4.78, 5) is 47.0. The number of amides is 1. The smallest absolute Gasteiger partial charge is 0.324 e. The average molecular weight is 436 g/mol. The molecule has 0 radical (unpaired) electrons. The molecule has 1 N–H and O–H groups in total. The second kappa shape index (κ2) is 8.53. The summed E-state index contributed by atoms with van der Waals surface area (Å²) in [6, 6.07) is 14.2. The number of aryl methyl sites for hydroxylation is 1. The summed E-state index contributed by atoms with van der Waals surface area (Å²) in [7, 11) is 0. The Balaban J connectivity index is 1.76. The molecular formula is C22H18ClN5O3. The van der Waals surface area contributed by atoms with Crippen molar-refractivity contribution in [2.75, 3.05) is 5.32 Å². The lowest BCUT2D eigenvalue weighted by Crippen LogP contribution is -2.42. The molecule has 2 heterocycles. The zero-order chi connectivity index (χ0) is 22.0. The van der Waals surface area contributed by atoms with Gasteiger partial charge in [0.05, 0.1) is 6.54 Å². The van der Waals surface area contributed by atoms with Gasteiger partial charge in [0.25, 0.3) is 5.56 Å². The normalized spacial score (nSPS) is 10.9. The van der Waals surface area contributed by atoms with E-state index in [9.17, 15) is 14.4 Å². The first-order valence-electron chi connectivity index (χ1n) is 9.48. The van der Waals surface area contributed by atoms with Gasteiger partial charge in [-0.15, -0.1) is 0 Å². The number of carbonyl (C=O) groups excluding carboxylic acids is 1. The quantitative estimate of drug-likeness (QED) is 0.519. The number of nitrogens with one attached hydrogen (secondary N) is 1. The van der Waals surface area contributed by atoms with Crippen molar-refractivity contribution in [1.29, 1.82) is 0 Å². The van der Waals surface area contributed by atoms with Crippen molar-refractivity contribution in [3.63, 3.8) is 0 Å². The Bertz CT molecular complexity index is 1400. The van der Waals surface area contributed by atoms with Gasteiger partial charge in [-0.1, -0.05) is 48.0 Å². The minimum atomic E-state index is -0.639. The zero-order valence-corrected chi connectivity index (χ0v) is 17.3. The van der Waals surface area contributed by atoms with Gasteiger partial charge in [-0.05, 0) is 30.2 Å². The van der Waals surface area contributed by atoms with Crippen LogP contribution < -0.4 is 16.6 Å². The summed E-state index contributed by atoms with van der Waals surface area (Å²) in [6.45, 7) is 1.55. The molecule has 2 aromatic carbocycles. The van der Waals surface area contributed by atoms with E-state index in [2.05, 4.69) is 15.3 Å². The highest BCUT2D eigenvalue weighted by Gasteiger charge is 2.18. The zero-order valence-electron chi connectivity index (χ0n) is 16.6. The lowest BCUT2D eigenvalue weighted by atomic mass is 10.2. The van der Waals surface area contributed by atoms with E-state index in [0.29, 0.717) is 10.7 Å². The van der Waals surface area contributed by atoms with Gasteiger partial charge in [-0.2, -0.15) is 0 Å². The number of hydrogen-bond acceptors (Lipinski definition) is 5. The van der Waals surface area contributed by atoms with Gasteiger partial charge in [-0.25, -0.2) is 14.8 Å². The number of halogens is 1. The molecule has 0 aliphatic rings. The molecule has 9 heteroatoms. The van der Waals surface area contributed by atoms with Crippen molar-refractivity contribution in [3.8, 4) is 0 Å². The monoisotopic (exact) mass is 435 g/mol. The van der Waals surface area contributed by atoms with Crippen molar-refractivity contribution in [1.82, 2.24) is 19.1 Å². The fraction of sp³-hybridized carbons (Fsp3) is 0.136. The second-order valence-electron chi connectivity index (χ2n) is 6.98. The molecular weight excluding hydrogens is 418 g/mol. The predicted molar refractivity (Wildman–Crippen MR) is 118 cm³/mol. The standard InChI is InChI=1S/C22H18ClN5O3/c1-14-7-8-16(23)11-17(14)26-18(29)13-27-20-19(24-9-10-25-20)21(30)28(22(27)31)12-15-5-3-2-4-6-15/h2-11H,12-13H2,1H3,(H,26,29). The van der Waals surface area contributed by atoms with Crippen molar-refractivity contribution < 1.29 is 4.79 Å². The molecule has 0 fully saturated rings. The van der Waals surface area contributed by atoms with Crippen molar-refractivity contribution in [3.05, 3.63) is 97.9 Å². The van der Waals surface area contributed by atoms with Gasteiger partial charge in [0, 0.05) is 23.1 Å². The second-order valence-corrected chi connectivity index (χ2v) is 7.42. The summed E-state index contributed by atoms with van der Waals surface area (Å²) < 4.78 is 2.21. The highest BCUT2D eigenvalue weighted by molar-refractivity contribution is 6.31. The molecule has 0 atom stereocenters. The lowest BCUT2D eigenvalue weighted by molar-refractivity contribution is -0.116. The summed E-state index contributed by atoms with van der Waals surface area (Å²) >= 11 is 6.02. The number of fused-ring (bicyclic) bond motifs is 1. The fourth-order valence-electron chi connectivity index (χ4n) is 3.24. The van der Waals surface area contributed by atoms with E-state index in [-0.39, 0.29) is 24.3 Å². The minimum Gasteiger partial charge on any atom is -0.324 e. The van der Waals surface area contributed by atoms with Gasteiger partial charge >= 0.3 is 5.69 Å². The minimum absolute atomic E-state index is 0.0183. The third-order valence-electron chi connectivity index (χ3n) is 4.80. The Morgan fingerprint density at radius 3 is 2.55 bits per heavy atom. The van der Waals surface area contributed by atoms with Crippen LogP contribution in [0.1, 0.15) is 11.1 Å². The summed E-state index contributed by atoms with van der Waals surface area (Å²) in [5.41, 5.74) is 1.02. The molecule has 0 saturated heterocycles. The SMILES string of the molecule is Cc1ccc(Cl)cc1NC(=O)Cn1c(=O)n(Cc2ccccc2)c(=O)c2nccnc21. The van der Waals surface area contributed by atoms with Gasteiger partial charge in [0.15, 0.2) is 11.2 Å². The Kier molecular flexibility index (Phi) is 5.64. The van der Waals surface area contributed by atoms with Gasteiger partial charge < -0.3 is 5.32 Å². The summed E-state index contributed by atoms with van der Waals surface area (Å²) in [5.74, 6) is -0.454. The van der Waals surface area contributed by atoms with Crippen LogP contribution >= 0.6 is 11.6 Å². The number of rotatable bonds is 5. The summed E-state index contributed by atoms with van der Waals surface area (Å²) in [6.07, 6.45) is 2.75. The van der Waals surface area contributed by atoms with Crippen LogP contribution in [0.25, 0.3) is 11.2 Å². The van der Waals surface area contributed by atoms with E-state index in [1.807, 2.05) is 37.3 Å². The number of hydrogen-bond donors (Lipinski definition) is 1. The van der Waals surface area contributed by atoms with Crippen molar-refractivity contribution in [2.24, 2.45) is 0 Å². The van der Waals surface area contributed by atoms with E-state index in [4.69, 9.17) is 11.6 Å². The molecule has 8 nitrogen and oxygen atoms in total. The van der Waals surface area contributed by atoms with Crippen molar-refractivity contribution in [2.45, 2.75) is 20.0 Å². The third kappa shape index (κ3) is 4.24. The first-order valence-corrected chi connectivity index (χ1v) is 9.86. The maximum atomic E-state index is 13.2. The number of benzene rings is 2. The molecule has 0 bridgehead atoms. The third-order valence-corrected chi connectivity index (χ3v) is 5.04. The van der Waals surface area contributed by atoms with Crippen LogP contribution in [-0.4, -0.2) is 25.0 Å². The highest BCUT2D eigenvalue weighted by atomic mass is 35.5. The van der Waals surface area contributed by atoms with Gasteiger partial charge in [-0.3, -0.25) is 18.7 Å². The van der Waals surface area contributed by atoms with E-state index in [1.54, 1.807) is 18.2 Å². The molecule has 156 valence electrons. The van der Waals surface area contributed by atoms with Crippen molar-refractivity contribution >= 4 is 34.4 Å². The molecule has 0 aliphatic heterocycles. The van der Waals surface area contributed by atoms with Crippen LogP contribution in [0.4, 0.5) is 5.69 Å². The maximum Gasteiger partial charge on any atom is 0.333 e. The lowest BCUT2D eigenvalue weighted by Gasteiger charge is -2.14. The molecule has 0 aliphatic carbocycles. The molecule has 4 rings (SSSR count). The van der Waals surface area contributed by atoms with Crippen LogP contribution in [0.2, 0.25) is 5.02 Å². The molecule has 0 spiro atoms. The van der Waals surface area contributed by atoms with Crippen LogP contribution in [0.3, 0.4) is 0 Å². The number of carbonyl (C=O) groups is 1. The van der Waals surface area contributed by atoms with Gasteiger partial charge in [0.2, 0.25) is 5.91 Å². The molecule has 0 unspecified atom stereocenters.